The molecule has 0 aromatic carbocycles. The van der Waals surface area contributed by atoms with Crippen LogP contribution in [0.15, 0.2) is 0 Å². The predicted molar refractivity (Wildman–Crippen MR) is 39.4 cm³/mol. The van der Waals surface area contributed by atoms with Crippen molar-refractivity contribution < 1.29 is 5.11 Å². The summed E-state index contributed by atoms with van der Waals surface area (Å²) in [7, 11) is 3.97. The van der Waals surface area contributed by atoms with Gasteiger partial charge in [-0.2, -0.15) is 0 Å². The first-order valence-electron chi connectivity index (χ1n) is 3.37. The molecule has 0 saturated carbocycles. The first-order valence-corrected chi connectivity index (χ1v) is 3.37. The van der Waals surface area contributed by atoms with Crippen molar-refractivity contribution in [3.8, 4) is 0 Å². The van der Waals surface area contributed by atoms with E-state index in [0.717, 1.165) is 0 Å². The van der Waals surface area contributed by atoms with Gasteiger partial charge in [0.05, 0.1) is 6.61 Å². The fourth-order valence-corrected chi connectivity index (χ4v) is 0.970. The molecular weight excluding hydrogens is 114 g/mol. The fourth-order valence-electron chi connectivity index (χ4n) is 0.970. The number of hydrogen-bond acceptors (Lipinski definition) is 2. The van der Waals surface area contributed by atoms with Crippen LogP contribution in [0.1, 0.15) is 13.8 Å². The molecular formula is C7H17NO. The van der Waals surface area contributed by atoms with Crippen molar-refractivity contribution in [2.45, 2.75) is 19.9 Å². The molecule has 0 saturated heterocycles. The summed E-state index contributed by atoms with van der Waals surface area (Å²) in [6, 6.07) is 0.310. The van der Waals surface area contributed by atoms with Crippen LogP contribution in [-0.2, 0) is 0 Å². The molecule has 0 amide bonds. The van der Waals surface area contributed by atoms with Crippen LogP contribution in [0.25, 0.3) is 0 Å². The normalized spacial score (nSPS) is 15.0. The number of aliphatic hydroxyl groups excluding tert-OH is 1. The second kappa shape index (κ2) is 3.85. The molecule has 0 heterocycles. The standard InChI is InChI=1S/C7H17NO/c1-6(2)7(5-9)8(3)4/h6-7,9H,5H2,1-4H3/t7-/m1/s1. The Bertz CT molecular complexity index is 63.3. The van der Waals surface area contributed by atoms with E-state index in [4.69, 9.17) is 5.11 Å². The van der Waals surface area contributed by atoms with Crippen LogP contribution in [0.4, 0.5) is 0 Å². The summed E-state index contributed by atoms with van der Waals surface area (Å²) >= 11 is 0. The van der Waals surface area contributed by atoms with Gasteiger partial charge in [-0.05, 0) is 20.0 Å². The molecule has 0 aliphatic heterocycles. The minimum absolute atomic E-state index is 0.255. The lowest BCUT2D eigenvalue weighted by atomic mass is 10.1. The maximum atomic E-state index is 8.83. The zero-order valence-corrected chi connectivity index (χ0v) is 6.76. The van der Waals surface area contributed by atoms with E-state index in [-0.39, 0.29) is 6.61 Å². The number of rotatable bonds is 3. The van der Waals surface area contributed by atoms with Crippen molar-refractivity contribution in [2.75, 3.05) is 20.7 Å². The third-order valence-corrected chi connectivity index (χ3v) is 1.62. The third-order valence-electron chi connectivity index (χ3n) is 1.62. The van der Waals surface area contributed by atoms with Gasteiger partial charge in [0.25, 0.3) is 0 Å². The van der Waals surface area contributed by atoms with Crippen LogP contribution in [-0.4, -0.2) is 36.8 Å². The van der Waals surface area contributed by atoms with Crippen molar-refractivity contribution in [1.29, 1.82) is 0 Å². The first kappa shape index (κ1) is 8.92. The van der Waals surface area contributed by atoms with Gasteiger partial charge in [-0.25, -0.2) is 0 Å². The van der Waals surface area contributed by atoms with E-state index >= 15 is 0 Å². The lowest BCUT2D eigenvalue weighted by Gasteiger charge is -2.25. The molecule has 0 spiro atoms. The SMILES string of the molecule is CC(C)[C@@H](CO)N(C)C. The van der Waals surface area contributed by atoms with E-state index in [0.29, 0.717) is 12.0 Å². The summed E-state index contributed by atoms with van der Waals surface area (Å²) in [5.41, 5.74) is 0. The minimum atomic E-state index is 0.255. The Labute approximate surface area is 57.5 Å². The first-order chi connectivity index (χ1) is 4.09. The summed E-state index contributed by atoms with van der Waals surface area (Å²) in [6.45, 7) is 4.48. The van der Waals surface area contributed by atoms with Crippen LogP contribution in [0, 0.1) is 5.92 Å². The van der Waals surface area contributed by atoms with Crippen LogP contribution in [0.2, 0.25) is 0 Å². The molecule has 56 valence electrons. The van der Waals surface area contributed by atoms with Crippen molar-refractivity contribution in [3.63, 3.8) is 0 Å². The van der Waals surface area contributed by atoms with E-state index in [9.17, 15) is 0 Å². The van der Waals surface area contributed by atoms with E-state index in [1.807, 2.05) is 19.0 Å². The Kier molecular flexibility index (Phi) is 3.82. The zero-order chi connectivity index (χ0) is 7.44. The molecule has 0 aromatic heterocycles. The van der Waals surface area contributed by atoms with E-state index in [2.05, 4.69) is 13.8 Å². The number of hydrogen-bond donors (Lipinski definition) is 1. The molecule has 0 aliphatic carbocycles. The molecule has 2 nitrogen and oxygen atoms in total. The average Bonchev–Trinajstić information content (AvgIpc) is 1.64. The maximum Gasteiger partial charge on any atom is 0.0589 e. The van der Waals surface area contributed by atoms with Gasteiger partial charge in [-0.1, -0.05) is 13.8 Å². The molecule has 0 aromatic rings. The zero-order valence-electron chi connectivity index (χ0n) is 6.76. The summed E-state index contributed by atoms with van der Waals surface area (Å²) in [4.78, 5) is 2.05. The van der Waals surface area contributed by atoms with Gasteiger partial charge >= 0.3 is 0 Å². The molecule has 1 atom stereocenters. The monoisotopic (exact) mass is 131 g/mol. The van der Waals surface area contributed by atoms with Gasteiger partial charge in [0.15, 0.2) is 0 Å². The highest BCUT2D eigenvalue weighted by atomic mass is 16.3. The summed E-state index contributed by atoms with van der Waals surface area (Å²) in [6.07, 6.45) is 0. The molecule has 0 bridgehead atoms. The van der Waals surface area contributed by atoms with Crippen LogP contribution >= 0.6 is 0 Å². The van der Waals surface area contributed by atoms with Gasteiger partial charge < -0.3 is 10.0 Å². The predicted octanol–water partition coefficient (Wildman–Crippen LogP) is 0.565. The molecule has 2 heteroatoms. The Morgan fingerprint density at radius 3 is 1.78 bits per heavy atom. The molecule has 0 unspecified atom stereocenters. The van der Waals surface area contributed by atoms with Gasteiger partial charge in [-0.3, -0.25) is 0 Å². The Morgan fingerprint density at radius 2 is 1.78 bits per heavy atom. The van der Waals surface area contributed by atoms with Crippen molar-refractivity contribution >= 4 is 0 Å². The second-order valence-corrected chi connectivity index (χ2v) is 2.96. The second-order valence-electron chi connectivity index (χ2n) is 2.96. The van der Waals surface area contributed by atoms with E-state index in [1.165, 1.54) is 0 Å². The minimum Gasteiger partial charge on any atom is -0.395 e. The van der Waals surface area contributed by atoms with Crippen LogP contribution in [0.3, 0.4) is 0 Å². The summed E-state index contributed by atoms with van der Waals surface area (Å²) in [5.74, 6) is 0.532. The number of nitrogens with zero attached hydrogens (tertiary/aromatic N) is 1. The fraction of sp³-hybridized carbons (Fsp3) is 1.00. The Morgan fingerprint density at radius 1 is 1.33 bits per heavy atom. The molecule has 0 radical (unpaired) electrons. The van der Waals surface area contributed by atoms with Crippen LogP contribution in [0.5, 0.6) is 0 Å². The number of likely N-dealkylation sites (N-methyl/N-ethyl adjacent to an activating group) is 1. The van der Waals surface area contributed by atoms with Crippen molar-refractivity contribution in [3.05, 3.63) is 0 Å². The van der Waals surface area contributed by atoms with E-state index in [1.54, 1.807) is 0 Å². The van der Waals surface area contributed by atoms with Gasteiger partial charge in [0.2, 0.25) is 0 Å². The largest absolute Gasteiger partial charge is 0.395 e. The third kappa shape index (κ3) is 2.82. The van der Waals surface area contributed by atoms with Crippen LogP contribution < -0.4 is 0 Å². The maximum absolute atomic E-state index is 8.83. The lowest BCUT2D eigenvalue weighted by molar-refractivity contribution is 0.134. The molecule has 0 fully saturated rings. The lowest BCUT2D eigenvalue weighted by Crippen LogP contribution is -2.35. The quantitative estimate of drug-likeness (QED) is 0.605. The van der Waals surface area contributed by atoms with Gasteiger partial charge in [0.1, 0.15) is 0 Å². The summed E-state index contributed by atoms with van der Waals surface area (Å²) < 4.78 is 0. The molecule has 0 rings (SSSR count). The van der Waals surface area contributed by atoms with Gasteiger partial charge in [0, 0.05) is 6.04 Å². The summed E-state index contributed by atoms with van der Waals surface area (Å²) in [5, 5.41) is 8.83. The topological polar surface area (TPSA) is 23.5 Å². The smallest absolute Gasteiger partial charge is 0.0589 e. The Balaban J connectivity index is 3.68. The highest BCUT2D eigenvalue weighted by Crippen LogP contribution is 2.05. The van der Waals surface area contributed by atoms with Gasteiger partial charge in [-0.15, -0.1) is 0 Å². The molecule has 0 aliphatic rings. The van der Waals surface area contributed by atoms with E-state index < -0.39 is 0 Å². The molecule has 1 N–H and O–H groups in total. The highest BCUT2D eigenvalue weighted by molar-refractivity contribution is 4.67. The Hall–Kier alpha value is -0.0800. The molecule has 9 heavy (non-hydrogen) atoms. The van der Waals surface area contributed by atoms with Crippen molar-refractivity contribution in [1.82, 2.24) is 4.90 Å². The number of aliphatic hydroxyl groups is 1. The highest BCUT2D eigenvalue weighted by Gasteiger charge is 2.12. The average molecular weight is 131 g/mol. The van der Waals surface area contributed by atoms with Crippen molar-refractivity contribution in [2.24, 2.45) is 5.92 Å².